The summed E-state index contributed by atoms with van der Waals surface area (Å²) in [6.07, 6.45) is 0. The summed E-state index contributed by atoms with van der Waals surface area (Å²) >= 11 is -0.699. The molecule has 4 heterocycles. The molecule has 206 valence electrons. The van der Waals surface area contributed by atoms with Gasteiger partial charge in [0.15, 0.2) is 9.59 Å². The summed E-state index contributed by atoms with van der Waals surface area (Å²) in [5.74, 6) is 0.768. The molecule has 0 unspecified atom stereocenters. The highest BCUT2D eigenvalue weighted by Crippen LogP contribution is 2.44. The molecule has 9 aromatic rings. The molecule has 3 aromatic heterocycles. The summed E-state index contributed by atoms with van der Waals surface area (Å²) in [6, 6.07) is 50.0. The lowest BCUT2D eigenvalue weighted by Crippen LogP contribution is -2.16. The Morgan fingerprint density at radius 1 is 0.432 bits per heavy atom. The van der Waals surface area contributed by atoms with E-state index in [0.717, 1.165) is 18.9 Å². The number of hydrogen-bond acceptors (Lipinski definition) is 2. The molecule has 0 radical (unpaired) electrons. The summed E-state index contributed by atoms with van der Waals surface area (Å²) in [4.78, 5) is 10.5. The Morgan fingerprint density at radius 3 is 1.77 bits per heavy atom. The highest BCUT2D eigenvalue weighted by atomic mass is 127. The van der Waals surface area contributed by atoms with Crippen LogP contribution >= 0.6 is 20.7 Å². The molecule has 0 bridgehead atoms. The average molecular weight is 675 g/mol. The standard InChI is InChI=1S/C39H23IN4/c1-3-12-24(13-4-1)37-40-39(42-38(41-37)25-14-5-2-6-15-25)44-32-21-11-18-28-26-16-7-9-19-30(26)43-31-20-10-8-17-27(31)29-22-23-33(44)35(34(28)32)36(29)43/h1-23H. The Balaban J connectivity index is 1.40. The van der Waals surface area contributed by atoms with Crippen molar-refractivity contribution >= 4 is 93.9 Å². The Kier molecular flexibility index (Phi) is 5.07. The van der Waals surface area contributed by atoms with Crippen LogP contribution in [0, 0.1) is 0 Å². The summed E-state index contributed by atoms with van der Waals surface area (Å²) in [5, 5.41) is 7.65. The third-order valence-corrected chi connectivity index (χ3v) is 11.4. The van der Waals surface area contributed by atoms with Crippen molar-refractivity contribution < 1.29 is 0 Å². The van der Waals surface area contributed by atoms with E-state index in [1.165, 1.54) is 65.5 Å². The molecule has 0 saturated carbocycles. The van der Waals surface area contributed by atoms with Gasteiger partial charge in [-0.2, -0.15) is 0 Å². The number of fused-ring (bicyclic) bond motifs is 6. The Hall–Kier alpha value is -5.14. The van der Waals surface area contributed by atoms with E-state index < -0.39 is 20.7 Å². The quantitative estimate of drug-likeness (QED) is 0.167. The predicted octanol–water partition coefficient (Wildman–Crippen LogP) is 9.76. The molecule has 44 heavy (non-hydrogen) atoms. The molecule has 5 heteroatoms. The van der Waals surface area contributed by atoms with Crippen LogP contribution in [0.1, 0.15) is 11.1 Å². The third kappa shape index (κ3) is 3.30. The lowest BCUT2D eigenvalue weighted by Gasteiger charge is -2.15. The number of amidine groups is 1. The van der Waals surface area contributed by atoms with E-state index in [0.29, 0.717) is 0 Å². The fourth-order valence-corrected chi connectivity index (χ4v) is 9.59. The van der Waals surface area contributed by atoms with Crippen molar-refractivity contribution in [1.82, 2.24) is 8.97 Å². The van der Waals surface area contributed by atoms with Crippen LogP contribution in [-0.4, -0.2) is 22.3 Å². The number of halogens is 1. The Morgan fingerprint density at radius 2 is 1.02 bits per heavy atom. The van der Waals surface area contributed by atoms with Gasteiger partial charge < -0.3 is 4.40 Å². The SMILES string of the molecule is c1ccc(C2=NC(n3c4cccc5c6ccccc6n6c7ccccc7c7ccc3c(c54)c76)=IC(c3ccccc3)=N2)cc1. The average Bonchev–Trinajstić information content (AvgIpc) is 3.57. The molecule has 4 nitrogen and oxygen atoms in total. The molecule has 0 atom stereocenters. The molecule has 1 aliphatic rings. The molecular weight excluding hydrogens is 651 g/mol. The first-order valence-electron chi connectivity index (χ1n) is 14.7. The van der Waals surface area contributed by atoms with Crippen LogP contribution in [0.2, 0.25) is 0 Å². The van der Waals surface area contributed by atoms with Crippen LogP contribution in [0.15, 0.2) is 150 Å². The lowest BCUT2D eigenvalue weighted by molar-refractivity contribution is 1.27. The molecular formula is C39H23IN4. The van der Waals surface area contributed by atoms with E-state index in [1.54, 1.807) is 0 Å². The summed E-state index contributed by atoms with van der Waals surface area (Å²) < 4.78 is 7.15. The van der Waals surface area contributed by atoms with Gasteiger partial charge >= 0.3 is 0 Å². The van der Waals surface area contributed by atoms with Gasteiger partial charge in [-0.05, 0) is 50.4 Å². The lowest BCUT2D eigenvalue weighted by atomic mass is 10.0. The van der Waals surface area contributed by atoms with E-state index in [-0.39, 0.29) is 0 Å². The maximum atomic E-state index is 5.36. The van der Waals surface area contributed by atoms with Crippen LogP contribution in [0.25, 0.3) is 59.9 Å². The predicted molar refractivity (Wildman–Crippen MR) is 194 cm³/mol. The van der Waals surface area contributed by atoms with Gasteiger partial charge in [-0.25, -0.2) is 9.98 Å². The molecule has 0 spiro atoms. The number of para-hydroxylation sites is 2. The second kappa shape index (κ2) is 9.18. The number of nitrogens with zero attached hydrogens (tertiary/aromatic N) is 4. The van der Waals surface area contributed by atoms with Gasteiger partial charge in [0.25, 0.3) is 0 Å². The zero-order valence-electron chi connectivity index (χ0n) is 23.4. The van der Waals surface area contributed by atoms with Crippen molar-refractivity contribution in [3.8, 4) is 0 Å². The van der Waals surface area contributed by atoms with Gasteiger partial charge in [-0.3, -0.25) is 4.57 Å². The van der Waals surface area contributed by atoms with Gasteiger partial charge in [-0.15, -0.1) is 0 Å². The number of hydrogen-bond donors (Lipinski definition) is 0. The molecule has 6 aromatic carbocycles. The number of aromatic nitrogens is 2. The molecule has 10 rings (SSSR count). The molecule has 0 fully saturated rings. The second-order valence-corrected chi connectivity index (χ2v) is 13.7. The van der Waals surface area contributed by atoms with Gasteiger partial charge in [0.1, 0.15) is 3.72 Å². The van der Waals surface area contributed by atoms with Crippen LogP contribution in [0.4, 0.5) is 0 Å². The molecule has 0 aliphatic carbocycles. The van der Waals surface area contributed by atoms with Gasteiger partial charge in [0.05, 0.1) is 27.6 Å². The topological polar surface area (TPSA) is 34.1 Å². The number of rotatable bonds is 3. The van der Waals surface area contributed by atoms with Crippen molar-refractivity contribution in [1.29, 1.82) is 0 Å². The zero-order valence-corrected chi connectivity index (χ0v) is 25.6. The first kappa shape index (κ1) is 24.3. The number of aliphatic imine (C=N–C) groups is 2. The maximum absolute atomic E-state index is 5.36. The molecule has 0 amide bonds. The van der Waals surface area contributed by atoms with Gasteiger partial charge in [-0.1, -0.05) is 115 Å². The van der Waals surface area contributed by atoms with E-state index >= 15 is 0 Å². The van der Waals surface area contributed by atoms with Crippen molar-refractivity contribution in [2.24, 2.45) is 9.98 Å². The van der Waals surface area contributed by atoms with E-state index in [9.17, 15) is 0 Å². The van der Waals surface area contributed by atoms with Gasteiger partial charge in [0, 0.05) is 38.1 Å². The second-order valence-electron chi connectivity index (χ2n) is 11.2. The first-order chi connectivity index (χ1) is 21.8. The highest BCUT2D eigenvalue weighted by molar-refractivity contribution is 14.2. The highest BCUT2D eigenvalue weighted by Gasteiger charge is 2.25. The fraction of sp³-hybridized carbons (Fsp3) is 0. The number of benzene rings is 6. The Bertz CT molecular complexity index is 2650. The summed E-state index contributed by atoms with van der Waals surface area (Å²) in [5.41, 5.74) is 8.31. The van der Waals surface area contributed by atoms with Crippen LogP contribution in [0.5, 0.6) is 0 Å². The summed E-state index contributed by atoms with van der Waals surface area (Å²) in [7, 11) is 0. The minimum absolute atomic E-state index is 0.699. The molecule has 0 N–H and O–H groups in total. The van der Waals surface area contributed by atoms with Crippen molar-refractivity contribution in [3.63, 3.8) is 0 Å². The van der Waals surface area contributed by atoms with E-state index in [4.69, 9.17) is 9.98 Å². The van der Waals surface area contributed by atoms with E-state index in [2.05, 4.69) is 142 Å². The van der Waals surface area contributed by atoms with E-state index in [1.807, 2.05) is 6.07 Å². The zero-order chi connectivity index (χ0) is 28.8. The van der Waals surface area contributed by atoms with Crippen LogP contribution in [0.3, 0.4) is 0 Å². The first-order valence-corrected chi connectivity index (χ1v) is 16.9. The molecule has 0 saturated heterocycles. The normalized spacial score (nSPS) is 14.0. The van der Waals surface area contributed by atoms with Crippen molar-refractivity contribution in [3.05, 3.63) is 151 Å². The van der Waals surface area contributed by atoms with Crippen LogP contribution < -0.4 is 0 Å². The molecule has 1 aliphatic heterocycles. The third-order valence-electron chi connectivity index (χ3n) is 8.83. The summed E-state index contributed by atoms with van der Waals surface area (Å²) in [6.45, 7) is 0. The van der Waals surface area contributed by atoms with Gasteiger partial charge in [0.2, 0.25) is 0 Å². The van der Waals surface area contributed by atoms with Crippen molar-refractivity contribution in [2.75, 3.05) is 0 Å². The Labute approximate surface area is 262 Å². The maximum Gasteiger partial charge on any atom is 0.174 e. The van der Waals surface area contributed by atoms with Crippen molar-refractivity contribution in [2.45, 2.75) is 0 Å². The van der Waals surface area contributed by atoms with Crippen LogP contribution in [-0.2, 0) is 0 Å². The smallest absolute Gasteiger partial charge is 0.174 e. The fourth-order valence-electron chi connectivity index (χ4n) is 7.00. The minimum atomic E-state index is -0.699. The minimum Gasteiger partial charge on any atom is -0.308 e. The monoisotopic (exact) mass is 674 g/mol. The largest absolute Gasteiger partial charge is 0.308 e.